The second-order valence-corrected chi connectivity index (χ2v) is 5.23. The molecule has 0 amide bonds. The second-order valence-electron chi connectivity index (χ2n) is 4.82. The van der Waals surface area contributed by atoms with E-state index in [9.17, 15) is 15.2 Å². The van der Waals surface area contributed by atoms with Crippen molar-refractivity contribution in [3.8, 4) is 0 Å². The third-order valence-electron chi connectivity index (χ3n) is 3.11. The summed E-state index contributed by atoms with van der Waals surface area (Å²) in [5.41, 5.74) is 0.00354. The van der Waals surface area contributed by atoms with Gasteiger partial charge in [-0.25, -0.2) is 0 Å². The molecule has 0 aliphatic carbocycles. The molecule has 0 aromatic heterocycles. The molecule has 0 aliphatic heterocycles. The van der Waals surface area contributed by atoms with Crippen LogP contribution in [-0.4, -0.2) is 34.1 Å². The van der Waals surface area contributed by atoms with Crippen molar-refractivity contribution in [3.05, 3.63) is 38.9 Å². The SMILES string of the molecule is CN(Cc1c(Cl)cccc1[N+](=O)[O-])C(C)(C)CO. The molecule has 1 aromatic rings. The number of nitro benzene ring substituents is 1. The van der Waals surface area contributed by atoms with E-state index in [2.05, 4.69) is 0 Å². The van der Waals surface area contributed by atoms with Crippen molar-refractivity contribution in [1.82, 2.24) is 4.90 Å². The first kappa shape index (κ1) is 14.9. The molecule has 6 heteroatoms. The summed E-state index contributed by atoms with van der Waals surface area (Å²) in [6.07, 6.45) is 0. The van der Waals surface area contributed by atoms with E-state index in [0.717, 1.165) is 0 Å². The van der Waals surface area contributed by atoms with Crippen molar-refractivity contribution >= 4 is 17.3 Å². The van der Waals surface area contributed by atoms with E-state index in [1.165, 1.54) is 6.07 Å². The van der Waals surface area contributed by atoms with Crippen LogP contribution in [0.4, 0.5) is 5.69 Å². The Hall–Kier alpha value is -1.17. The Balaban J connectivity index is 3.07. The molecule has 18 heavy (non-hydrogen) atoms. The van der Waals surface area contributed by atoms with Gasteiger partial charge in [0, 0.05) is 18.2 Å². The highest BCUT2D eigenvalue weighted by Crippen LogP contribution is 2.29. The molecule has 5 nitrogen and oxygen atoms in total. The predicted octanol–water partition coefficient (Wildman–Crippen LogP) is 2.45. The lowest BCUT2D eigenvalue weighted by Crippen LogP contribution is -2.43. The molecule has 0 aliphatic rings. The zero-order valence-corrected chi connectivity index (χ0v) is 11.4. The largest absolute Gasteiger partial charge is 0.394 e. The van der Waals surface area contributed by atoms with Crippen LogP contribution in [0.25, 0.3) is 0 Å². The van der Waals surface area contributed by atoms with E-state index in [1.807, 2.05) is 18.7 Å². The van der Waals surface area contributed by atoms with Gasteiger partial charge in [0.2, 0.25) is 0 Å². The van der Waals surface area contributed by atoms with Gasteiger partial charge >= 0.3 is 0 Å². The lowest BCUT2D eigenvalue weighted by molar-refractivity contribution is -0.385. The maximum absolute atomic E-state index is 11.0. The minimum Gasteiger partial charge on any atom is -0.394 e. The lowest BCUT2D eigenvalue weighted by atomic mass is 10.0. The molecular weight excluding hydrogens is 256 g/mol. The van der Waals surface area contributed by atoms with Gasteiger partial charge in [0.25, 0.3) is 5.69 Å². The quantitative estimate of drug-likeness (QED) is 0.660. The molecule has 0 spiro atoms. The number of likely N-dealkylation sites (N-methyl/N-ethyl adjacent to an activating group) is 1. The fourth-order valence-electron chi connectivity index (χ4n) is 1.45. The zero-order chi connectivity index (χ0) is 13.9. The van der Waals surface area contributed by atoms with E-state index in [4.69, 9.17) is 11.6 Å². The number of aliphatic hydroxyl groups is 1. The summed E-state index contributed by atoms with van der Waals surface area (Å²) in [5.74, 6) is 0. The van der Waals surface area contributed by atoms with E-state index < -0.39 is 10.5 Å². The highest BCUT2D eigenvalue weighted by atomic mass is 35.5. The average molecular weight is 273 g/mol. The van der Waals surface area contributed by atoms with Gasteiger partial charge < -0.3 is 5.11 Å². The van der Waals surface area contributed by atoms with Gasteiger partial charge in [0.05, 0.1) is 22.1 Å². The van der Waals surface area contributed by atoms with Gasteiger partial charge in [0.15, 0.2) is 0 Å². The molecule has 0 bridgehead atoms. The highest BCUT2D eigenvalue weighted by molar-refractivity contribution is 6.31. The summed E-state index contributed by atoms with van der Waals surface area (Å²) in [4.78, 5) is 12.3. The van der Waals surface area contributed by atoms with Crippen LogP contribution >= 0.6 is 11.6 Å². The first-order valence-corrected chi connectivity index (χ1v) is 5.91. The number of hydrogen-bond acceptors (Lipinski definition) is 4. The minimum absolute atomic E-state index is 0.00286. The normalized spacial score (nSPS) is 11.9. The third-order valence-corrected chi connectivity index (χ3v) is 3.46. The Morgan fingerprint density at radius 2 is 2.11 bits per heavy atom. The number of hydrogen-bond donors (Lipinski definition) is 1. The monoisotopic (exact) mass is 272 g/mol. The van der Waals surface area contributed by atoms with Crippen molar-refractivity contribution in [3.63, 3.8) is 0 Å². The average Bonchev–Trinajstić information content (AvgIpc) is 2.31. The van der Waals surface area contributed by atoms with Crippen LogP contribution in [0.1, 0.15) is 19.4 Å². The van der Waals surface area contributed by atoms with Crippen LogP contribution in [0.2, 0.25) is 5.02 Å². The molecule has 0 heterocycles. The molecule has 0 saturated heterocycles. The second kappa shape index (κ2) is 5.65. The smallest absolute Gasteiger partial charge is 0.275 e. The fourth-order valence-corrected chi connectivity index (χ4v) is 1.68. The fraction of sp³-hybridized carbons (Fsp3) is 0.500. The molecule has 0 fully saturated rings. The van der Waals surface area contributed by atoms with Crippen LogP contribution in [0, 0.1) is 10.1 Å². The molecular formula is C12H17ClN2O3. The first-order chi connectivity index (χ1) is 8.29. The molecule has 1 N–H and O–H groups in total. The van der Waals surface area contributed by atoms with Crippen LogP contribution in [-0.2, 0) is 6.54 Å². The van der Waals surface area contributed by atoms with Crippen molar-refractivity contribution in [1.29, 1.82) is 0 Å². The summed E-state index contributed by atoms with van der Waals surface area (Å²) in [6, 6.07) is 4.62. The van der Waals surface area contributed by atoms with E-state index in [0.29, 0.717) is 17.1 Å². The van der Waals surface area contributed by atoms with E-state index >= 15 is 0 Å². The van der Waals surface area contributed by atoms with Crippen LogP contribution in [0.5, 0.6) is 0 Å². The van der Waals surface area contributed by atoms with Gasteiger partial charge in [0.1, 0.15) is 0 Å². The Kier molecular flexibility index (Phi) is 4.67. The van der Waals surface area contributed by atoms with Gasteiger partial charge in [-0.1, -0.05) is 17.7 Å². The van der Waals surface area contributed by atoms with Crippen LogP contribution < -0.4 is 0 Å². The minimum atomic E-state index is -0.465. The molecule has 0 unspecified atom stereocenters. The number of nitrogens with zero attached hydrogens (tertiary/aromatic N) is 2. The van der Waals surface area contributed by atoms with Crippen molar-refractivity contribution in [2.24, 2.45) is 0 Å². The summed E-state index contributed by atoms with van der Waals surface area (Å²) in [5, 5.41) is 20.6. The summed E-state index contributed by atoms with van der Waals surface area (Å²) >= 11 is 6.02. The Morgan fingerprint density at radius 1 is 1.50 bits per heavy atom. The van der Waals surface area contributed by atoms with Gasteiger partial charge in [-0.2, -0.15) is 0 Å². The number of halogens is 1. The lowest BCUT2D eigenvalue weighted by Gasteiger charge is -2.33. The summed E-state index contributed by atoms with van der Waals surface area (Å²) in [6.45, 7) is 3.98. The summed E-state index contributed by atoms with van der Waals surface area (Å²) in [7, 11) is 1.79. The van der Waals surface area contributed by atoms with Gasteiger partial charge in [-0.05, 0) is 27.0 Å². The van der Waals surface area contributed by atoms with E-state index in [-0.39, 0.29) is 12.3 Å². The van der Waals surface area contributed by atoms with E-state index in [1.54, 1.807) is 19.2 Å². The Labute approximate surface area is 111 Å². The highest BCUT2D eigenvalue weighted by Gasteiger charge is 2.26. The van der Waals surface area contributed by atoms with Gasteiger partial charge in [-0.3, -0.25) is 15.0 Å². The molecule has 100 valence electrons. The molecule has 0 radical (unpaired) electrons. The number of rotatable bonds is 5. The first-order valence-electron chi connectivity index (χ1n) is 5.53. The van der Waals surface area contributed by atoms with Crippen molar-refractivity contribution in [2.75, 3.05) is 13.7 Å². The third kappa shape index (κ3) is 3.19. The van der Waals surface area contributed by atoms with Crippen LogP contribution in [0.15, 0.2) is 18.2 Å². The van der Waals surface area contributed by atoms with Crippen molar-refractivity contribution in [2.45, 2.75) is 25.9 Å². The molecule has 0 atom stereocenters. The summed E-state index contributed by atoms with van der Waals surface area (Å²) < 4.78 is 0. The molecule has 1 aromatic carbocycles. The number of nitro groups is 1. The topological polar surface area (TPSA) is 66.6 Å². The molecule has 1 rings (SSSR count). The standard InChI is InChI=1S/C12H17ClN2O3/c1-12(2,8-16)14(3)7-9-10(13)5-4-6-11(9)15(17)18/h4-6,16H,7-8H2,1-3H3. The predicted molar refractivity (Wildman–Crippen MR) is 70.7 cm³/mol. The number of aliphatic hydroxyl groups excluding tert-OH is 1. The van der Waals surface area contributed by atoms with Gasteiger partial charge in [-0.15, -0.1) is 0 Å². The van der Waals surface area contributed by atoms with Crippen LogP contribution in [0.3, 0.4) is 0 Å². The van der Waals surface area contributed by atoms with Crippen molar-refractivity contribution < 1.29 is 10.0 Å². The maximum Gasteiger partial charge on any atom is 0.275 e. The molecule has 0 saturated carbocycles. The zero-order valence-electron chi connectivity index (χ0n) is 10.7. The number of benzene rings is 1. The Bertz CT molecular complexity index is 449. The maximum atomic E-state index is 11.0. The Morgan fingerprint density at radius 3 is 2.61 bits per heavy atom.